The summed E-state index contributed by atoms with van der Waals surface area (Å²) in [5.74, 6) is 0.632. The topological polar surface area (TPSA) is 87.3 Å². The largest absolute Gasteiger partial charge is 0.348 e. The van der Waals surface area contributed by atoms with E-state index in [1.807, 2.05) is 13.0 Å². The molecule has 1 aliphatic rings. The van der Waals surface area contributed by atoms with Crippen LogP contribution in [0.3, 0.4) is 0 Å². The molecule has 0 aliphatic heterocycles. The number of para-hydroxylation sites is 1. The molecule has 8 heteroatoms. The summed E-state index contributed by atoms with van der Waals surface area (Å²) in [7, 11) is -3.35. The van der Waals surface area contributed by atoms with Crippen LogP contribution in [0.2, 0.25) is 0 Å². The molecule has 0 spiro atoms. The zero-order valence-electron chi connectivity index (χ0n) is 13.3. The Bertz CT molecular complexity index is 633. The van der Waals surface area contributed by atoms with Crippen LogP contribution in [0.15, 0.2) is 24.3 Å². The van der Waals surface area contributed by atoms with Gasteiger partial charge in [-0.15, -0.1) is 12.4 Å². The van der Waals surface area contributed by atoms with Gasteiger partial charge in [-0.3, -0.25) is 9.52 Å². The summed E-state index contributed by atoms with van der Waals surface area (Å²) in [4.78, 5) is 11.9. The van der Waals surface area contributed by atoms with Crippen molar-refractivity contribution in [1.29, 1.82) is 0 Å². The normalized spacial score (nSPS) is 15.4. The van der Waals surface area contributed by atoms with Crippen LogP contribution in [-0.4, -0.2) is 33.7 Å². The second-order valence-corrected chi connectivity index (χ2v) is 7.57. The summed E-state index contributed by atoms with van der Waals surface area (Å²) in [5, 5.41) is 6.01. The Labute approximate surface area is 143 Å². The van der Waals surface area contributed by atoms with Gasteiger partial charge in [0.2, 0.25) is 15.9 Å². The van der Waals surface area contributed by atoms with Crippen LogP contribution in [0.25, 0.3) is 0 Å². The highest BCUT2D eigenvalue weighted by Crippen LogP contribution is 2.27. The van der Waals surface area contributed by atoms with E-state index in [9.17, 15) is 13.2 Å². The molecule has 1 atom stereocenters. The van der Waals surface area contributed by atoms with Crippen molar-refractivity contribution in [2.75, 3.05) is 24.1 Å². The quantitative estimate of drug-likeness (QED) is 0.657. The van der Waals surface area contributed by atoms with Crippen molar-refractivity contribution in [2.45, 2.75) is 25.8 Å². The first-order chi connectivity index (χ1) is 10.3. The molecule has 1 amide bonds. The first-order valence-corrected chi connectivity index (χ1v) is 9.31. The van der Waals surface area contributed by atoms with Crippen molar-refractivity contribution in [2.24, 2.45) is 5.92 Å². The van der Waals surface area contributed by atoms with Crippen molar-refractivity contribution in [3.63, 3.8) is 0 Å². The molecule has 1 aromatic rings. The van der Waals surface area contributed by atoms with E-state index in [4.69, 9.17) is 0 Å². The van der Waals surface area contributed by atoms with Gasteiger partial charge in [0.25, 0.3) is 0 Å². The lowest BCUT2D eigenvalue weighted by molar-refractivity contribution is -0.120. The lowest BCUT2D eigenvalue weighted by Crippen LogP contribution is -2.36. The van der Waals surface area contributed by atoms with E-state index in [0.29, 0.717) is 5.69 Å². The van der Waals surface area contributed by atoms with Gasteiger partial charge >= 0.3 is 0 Å². The number of sulfonamides is 1. The molecular formula is C15H24ClN3O3S. The molecule has 1 aliphatic carbocycles. The number of nitrogens with one attached hydrogen (secondary N) is 3. The van der Waals surface area contributed by atoms with Crippen molar-refractivity contribution in [3.8, 4) is 0 Å². The SMILES string of the molecule is CC(NC(=O)CNCC1CC1)c1ccccc1NS(C)(=O)=O.Cl. The fourth-order valence-electron chi connectivity index (χ4n) is 2.25. The van der Waals surface area contributed by atoms with Crippen LogP contribution in [0, 0.1) is 5.92 Å². The minimum atomic E-state index is -3.35. The van der Waals surface area contributed by atoms with Crippen molar-refractivity contribution >= 4 is 34.0 Å². The number of halogens is 1. The first-order valence-electron chi connectivity index (χ1n) is 7.42. The van der Waals surface area contributed by atoms with Gasteiger partial charge in [0, 0.05) is 0 Å². The van der Waals surface area contributed by atoms with E-state index in [2.05, 4.69) is 15.4 Å². The van der Waals surface area contributed by atoms with Gasteiger partial charge < -0.3 is 10.6 Å². The predicted octanol–water partition coefficient (Wildman–Crippen LogP) is 1.66. The monoisotopic (exact) mass is 361 g/mol. The zero-order chi connectivity index (χ0) is 16.2. The number of anilines is 1. The molecule has 0 radical (unpaired) electrons. The second kappa shape index (κ2) is 8.52. The summed E-state index contributed by atoms with van der Waals surface area (Å²) >= 11 is 0. The highest BCUT2D eigenvalue weighted by atomic mass is 35.5. The van der Waals surface area contributed by atoms with Crippen molar-refractivity contribution in [3.05, 3.63) is 29.8 Å². The van der Waals surface area contributed by atoms with E-state index < -0.39 is 10.0 Å². The van der Waals surface area contributed by atoms with Crippen molar-refractivity contribution in [1.82, 2.24) is 10.6 Å². The Kier molecular flexibility index (Phi) is 7.31. The van der Waals surface area contributed by atoms with Gasteiger partial charge in [-0.2, -0.15) is 0 Å². The van der Waals surface area contributed by atoms with Crippen LogP contribution >= 0.6 is 12.4 Å². The van der Waals surface area contributed by atoms with Gasteiger partial charge in [0.15, 0.2) is 0 Å². The summed E-state index contributed by atoms with van der Waals surface area (Å²) in [6.45, 7) is 3.00. The molecule has 3 N–H and O–H groups in total. The maximum Gasteiger partial charge on any atom is 0.234 e. The molecule has 23 heavy (non-hydrogen) atoms. The second-order valence-electron chi connectivity index (χ2n) is 5.82. The van der Waals surface area contributed by atoms with Gasteiger partial charge in [0.05, 0.1) is 24.5 Å². The number of benzene rings is 1. The molecular weight excluding hydrogens is 338 g/mol. The lowest BCUT2D eigenvalue weighted by Gasteiger charge is -2.18. The number of carbonyl (C=O) groups excluding carboxylic acids is 1. The maximum atomic E-state index is 11.9. The average Bonchev–Trinajstić information content (AvgIpc) is 3.21. The van der Waals surface area contributed by atoms with Crippen molar-refractivity contribution < 1.29 is 13.2 Å². The fraction of sp³-hybridized carbons (Fsp3) is 0.533. The van der Waals surface area contributed by atoms with Gasteiger partial charge in [-0.05, 0) is 43.9 Å². The maximum absolute atomic E-state index is 11.9. The Morgan fingerprint density at radius 1 is 1.30 bits per heavy atom. The first kappa shape index (κ1) is 19.7. The molecule has 1 unspecified atom stereocenters. The minimum Gasteiger partial charge on any atom is -0.348 e. The molecule has 0 aromatic heterocycles. The number of rotatable bonds is 8. The highest BCUT2D eigenvalue weighted by molar-refractivity contribution is 7.92. The predicted molar refractivity (Wildman–Crippen MR) is 94.3 cm³/mol. The summed E-state index contributed by atoms with van der Waals surface area (Å²) in [5.41, 5.74) is 1.23. The average molecular weight is 362 g/mol. The summed E-state index contributed by atoms with van der Waals surface area (Å²) < 4.78 is 25.3. The lowest BCUT2D eigenvalue weighted by atomic mass is 10.1. The third-order valence-electron chi connectivity index (χ3n) is 3.52. The number of hydrogen-bond donors (Lipinski definition) is 3. The van der Waals surface area contributed by atoms with Gasteiger partial charge in [-0.1, -0.05) is 18.2 Å². The minimum absolute atomic E-state index is 0. The van der Waals surface area contributed by atoms with E-state index >= 15 is 0 Å². The molecule has 2 rings (SSSR count). The van der Waals surface area contributed by atoms with Crippen LogP contribution in [-0.2, 0) is 14.8 Å². The third kappa shape index (κ3) is 7.20. The molecule has 6 nitrogen and oxygen atoms in total. The molecule has 0 heterocycles. The van der Waals surface area contributed by atoms with Crippen LogP contribution in [0.4, 0.5) is 5.69 Å². The Morgan fingerprint density at radius 2 is 1.96 bits per heavy atom. The Hall–Kier alpha value is -1.31. The smallest absolute Gasteiger partial charge is 0.234 e. The van der Waals surface area contributed by atoms with E-state index in [1.165, 1.54) is 12.8 Å². The summed E-state index contributed by atoms with van der Waals surface area (Å²) in [6.07, 6.45) is 3.60. The standard InChI is InChI=1S/C15H23N3O3S.ClH/c1-11(17-15(19)10-16-9-12-7-8-12)13-5-3-4-6-14(13)18-22(2,20)21;/h3-6,11-12,16,18H,7-10H2,1-2H3,(H,17,19);1H. The van der Waals surface area contributed by atoms with Crippen LogP contribution in [0.1, 0.15) is 31.4 Å². The van der Waals surface area contributed by atoms with E-state index in [1.54, 1.807) is 18.2 Å². The van der Waals surface area contributed by atoms with E-state index in [-0.39, 0.29) is 30.9 Å². The Morgan fingerprint density at radius 3 is 2.57 bits per heavy atom. The van der Waals surface area contributed by atoms with Gasteiger partial charge in [0.1, 0.15) is 0 Å². The molecule has 0 bridgehead atoms. The zero-order valence-corrected chi connectivity index (χ0v) is 15.0. The molecule has 1 aromatic carbocycles. The third-order valence-corrected chi connectivity index (χ3v) is 4.11. The number of hydrogen-bond acceptors (Lipinski definition) is 4. The summed E-state index contributed by atoms with van der Waals surface area (Å²) in [6, 6.07) is 6.78. The molecule has 1 fully saturated rings. The number of carbonyl (C=O) groups is 1. The molecule has 0 saturated heterocycles. The van der Waals surface area contributed by atoms with E-state index in [0.717, 1.165) is 24.3 Å². The highest BCUT2D eigenvalue weighted by Gasteiger charge is 2.21. The van der Waals surface area contributed by atoms with Crippen LogP contribution < -0.4 is 15.4 Å². The fourth-order valence-corrected chi connectivity index (χ4v) is 2.83. The van der Waals surface area contributed by atoms with Gasteiger partial charge in [-0.25, -0.2) is 8.42 Å². The number of amides is 1. The van der Waals surface area contributed by atoms with Crippen LogP contribution in [0.5, 0.6) is 0 Å². The molecule has 130 valence electrons. The molecule has 1 saturated carbocycles. The Balaban J connectivity index is 0.00000264.